The summed E-state index contributed by atoms with van der Waals surface area (Å²) in [4.78, 5) is 4.49. The Morgan fingerprint density at radius 1 is 1.41 bits per heavy atom. The van der Waals surface area contributed by atoms with E-state index in [1.54, 1.807) is 6.26 Å². The van der Waals surface area contributed by atoms with Crippen LogP contribution in [0.5, 0.6) is 0 Å². The first kappa shape index (κ1) is 10.8. The van der Waals surface area contributed by atoms with E-state index < -0.39 is 0 Å². The van der Waals surface area contributed by atoms with E-state index in [0.717, 1.165) is 41.7 Å². The summed E-state index contributed by atoms with van der Waals surface area (Å²) in [6.45, 7) is 2.13. The molecule has 0 unspecified atom stereocenters. The zero-order valence-electron chi connectivity index (χ0n) is 9.32. The van der Waals surface area contributed by atoms with Crippen LogP contribution < -0.4 is 5.32 Å². The van der Waals surface area contributed by atoms with Gasteiger partial charge in [0, 0.05) is 17.0 Å². The second-order valence-corrected chi connectivity index (χ2v) is 4.80. The average molecular weight is 249 g/mol. The van der Waals surface area contributed by atoms with Crippen LogP contribution in [0.2, 0.25) is 5.02 Å². The lowest BCUT2D eigenvalue weighted by Gasteiger charge is -2.25. The third-order valence-electron chi connectivity index (χ3n) is 3.00. The van der Waals surface area contributed by atoms with Gasteiger partial charge < -0.3 is 9.73 Å². The SMILES string of the molecule is Clc1cccc(-c2coc(CC3CNC3)n2)c1. The largest absolute Gasteiger partial charge is 0.448 e. The van der Waals surface area contributed by atoms with Crippen molar-refractivity contribution in [2.75, 3.05) is 13.1 Å². The third-order valence-corrected chi connectivity index (χ3v) is 3.24. The Morgan fingerprint density at radius 3 is 3.00 bits per heavy atom. The lowest BCUT2D eigenvalue weighted by atomic mass is 10.00. The maximum Gasteiger partial charge on any atom is 0.194 e. The van der Waals surface area contributed by atoms with Crippen molar-refractivity contribution in [3.8, 4) is 11.3 Å². The normalized spacial score (nSPS) is 15.8. The summed E-state index contributed by atoms with van der Waals surface area (Å²) in [7, 11) is 0. The highest BCUT2D eigenvalue weighted by molar-refractivity contribution is 6.30. The average Bonchev–Trinajstić information content (AvgIpc) is 2.72. The highest BCUT2D eigenvalue weighted by Gasteiger charge is 2.19. The molecule has 3 nitrogen and oxygen atoms in total. The second kappa shape index (κ2) is 4.51. The standard InChI is InChI=1S/C13H13ClN2O/c14-11-3-1-2-10(5-11)12-8-17-13(16-12)4-9-6-15-7-9/h1-3,5,8-9,15H,4,6-7H2. The van der Waals surface area contributed by atoms with E-state index >= 15 is 0 Å². The molecule has 1 aromatic heterocycles. The molecule has 1 saturated heterocycles. The molecule has 2 heterocycles. The van der Waals surface area contributed by atoms with Gasteiger partial charge in [-0.05, 0) is 31.1 Å². The minimum atomic E-state index is 0.667. The van der Waals surface area contributed by atoms with Crippen LogP contribution >= 0.6 is 11.6 Å². The first-order valence-corrected chi connectivity index (χ1v) is 6.10. The molecule has 4 heteroatoms. The van der Waals surface area contributed by atoms with Crippen molar-refractivity contribution in [1.29, 1.82) is 0 Å². The smallest absolute Gasteiger partial charge is 0.194 e. The fourth-order valence-corrected chi connectivity index (χ4v) is 2.12. The topological polar surface area (TPSA) is 38.1 Å². The summed E-state index contributed by atoms with van der Waals surface area (Å²) in [5.41, 5.74) is 1.86. The van der Waals surface area contributed by atoms with Gasteiger partial charge in [-0.1, -0.05) is 23.7 Å². The number of nitrogens with zero attached hydrogens (tertiary/aromatic N) is 1. The first-order valence-electron chi connectivity index (χ1n) is 5.72. The summed E-state index contributed by atoms with van der Waals surface area (Å²) in [5, 5.41) is 3.96. The maximum absolute atomic E-state index is 5.95. The summed E-state index contributed by atoms with van der Waals surface area (Å²) in [5.74, 6) is 1.48. The molecule has 2 aromatic rings. The lowest BCUT2D eigenvalue weighted by molar-refractivity contribution is 0.318. The van der Waals surface area contributed by atoms with Crippen LogP contribution in [-0.4, -0.2) is 18.1 Å². The minimum absolute atomic E-state index is 0.667. The van der Waals surface area contributed by atoms with Crippen LogP contribution in [0.1, 0.15) is 5.89 Å². The molecule has 0 bridgehead atoms. The van der Waals surface area contributed by atoms with Gasteiger partial charge in [-0.15, -0.1) is 0 Å². The predicted molar refractivity (Wildman–Crippen MR) is 67.0 cm³/mol. The van der Waals surface area contributed by atoms with Gasteiger partial charge in [-0.3, -0.25) is 0 Å². The van der Waals surface area contributed by atoms with Crippen molar-refractivity contribution >= 4 is 11.6 Å². The highest BCUT2D eigenvalue weighted by atomic mass is 35.5. The van der Waals surface area contributed by atoms with E-state index in [1.807, 2.05) is 24.3 Å². The molecule has 0 radical (unpaired) electrons. The van der Waals surface area contributed by atoms with Gasteiger partial charge in [0.2, 0.25) is 0 Å². The summed E-state index contributed by atoms with van der Waals surface area (Å²) >= 11 is 5.95. The minimum Gasteiger partial charge on any atom is -0.448 e. The molecule has 0 saturated carbocycles. The van der Waals surface area contributed by atoms with E-state index in [1.165, 1.54) is 0 Å². The first-order chi connectivity index (χ1) is 8.31. The van der Waals surface area contributed by atoms with Gasteiger partial charge >= 0.3 is 0 Å². The van der Waals surface area contributed by atoms with E-state index in [-0.39, 0.29) is 0 Å². The molecule has 3 rings (SSSR count). The fraction of sp³-hybridized carbons (Fsp3) is 0.308. The Balaban J connectivity index is 1.79. The zero-order valence-corrected chi connectivity index (χ0v) is 10.1. The van der Waals surface area contributed by atoms with E-state index in [0.29, 0.717) is 5.92 Å². The number of oxazole rings is 1. The van der Waals surface area contributed by atoms with Crippen molar-refractivity contribution < 1.29 is 4.42 Å². The van der Waals surface area contributed by atoms with Gasteiger partial charge in [-0.2, -0.15) is 0 Å². The van der Waals surface area contributed by atoms with Crippen molar-refractivity contribution in [2.24, 2.45) is 5.92 Å². The third kappa shape index (κ3) is 2.35. The monoisotopic (exact) mass is 248 g/mol. The molecule has 0 aliphatic carbocycles. The zero-order chi connectivity index (χ0) is 11.7. The predicted octanol–water partition coefficient (Wildman–Crippen LogP) is 2.76. The number of rotatable bonds is 3. The maximum atomic E-state index is 5.95. The molecule has 88 valence electrons. The molecule has 1 N–H and O–H groups in total. The van der Waals surface area contributed by atoms with Crippen molar-refractivity contribution in [3.05, 3.63) is 41.4 Å². The molecule has 0 spiro atoms. The quantitative estimate of drug-likeness (QED) is 0.908. The number of halogens is 1. The molecule has 0 atom stereocenters. The molecular weight excluding hydrogens is 236 g/mol. The van der Waals surface area contributed by atoms with Crippen LogP contribution in [0, 0.1) is 5.92 Å². The van der Waals surface area contributed by atoms with E-state index in [4.69, 9.17) is 16.0 Å². The number of hydrogen-bond donors (Lipinski definition) is 1. The summed E-state index contributed by atoms with van der Waals surface area (Å²) < 4.78 is 5.48. The van der Waals surface area contributed by atoms with Crippen LogP contribution in [0.15, 0.2) is 34.9 Å². The van der Waals surface area contributed by atoms with Crippen molar-refractivity contribution in [2.45, 2.75) is 6.42 Å². The Labute approximate surface area is 105 Å². The fourth-order valence-electron chi connectivity index (χ4n) is 1.92. The van der Waals surface area contributed by atoms with E-state index in [2.05, 4.69) is 10.3 Å². The van der Waals surface area contributed by atoms with Gasteiger partial charge in [0.15, 0.2) is 5.89 Å². The lowest BCUT2D eigenvalue weighted by Crippen LogP contribution is -2.43. The Morgan fingerprint density at radius 2 is 2.29 bits per heavy atom. The van der Waals surface area contributed by atoms with Crippen molar-refractivity contribution in [3.63, 3.8) is 0 Å². The summed E-state index contributed by atoms with van der Waals surface area (Å²) in [6, 6.07) is 7.65. The Kier molecular flexibility index (Phi) is 2.87. The number of aromatic nitrogens is 1. The van der Waals surface area contributed by atoms with Gasteiger partial charge in [0.25, 0.3) is 0 Å². The van der Waals surface area contributed by atoms with Crippen LogP contribution in [0.3, 0.4) is 0 Å². The van der Waals surface area contributed by atoms with Gasteiger partial charge in [0.1, 0.15) is 12.0 Å². The van der Waals surface area contributed by atoms with Gasteiger partial charge in [-0.25, -0.2) is 4.98 Å². The number of nitrogens with one attached hydrogen (secondary N) is 1. The number of benzene rings is 1. The van der Waals surface area contributed by atoms with Crippen LogP contribution in [0.4, 0.5) is 0 Å². The van der Waals surface area contributed by atoms with Gasteiger partial charge in [0.05, 0.1) is 0 Å². The molecular formula is C13H13ClN2O. The van der Waals surface area contributed by atoms with E-state index in [9.17, 15) is 0 Å². The molecule has 1 fully saturated rings. The highest BCUT2D eigenvalue weighted by Crippen LogP contribution is 2.23. The number of hydrogen-bond acceptors (Lipinski definition) is 3. The van der Waals surface area contributed by atoms with Crippen LogP contribution in [-0.2, 0) is 6.42 Å². The van der Waals surface area contributed by atoms with Crippen LogP contribution in [0.25, 0.3) is 11.3 Å². The molecule has 17 heavy (non-hydrogen) atoms. The van der Waals surface area contributed by atoms with Crippen molar-refractivity contribution in [1.82, 2.24) is 10.3 Å². The second-order valence-electron chi connectivity index (χ2n) is 4.37. The molecule has 1 aliphatic rings. The Hall–Kier alpha value is -1.32. The molecule has 0 amide bonds. The molecule has 1 aromatic carbocycles. The Bertz CT molecular complexity index is 520. The molecule has 1 aliphatic heterocycles. The summed E-state index contributed by atoms with van der Waals surface area (Å²) in [6.07, 6.45) is 2.61.